The zero-order chi connectivity index (χ0) is 18.4. The fourth-order valence-corrected chi connectivity index (χ4v) is 3.03. The topological polar surface area (TPSA) is 124 Å². The summed E-state index contributed by atoms with van der Waals surface area (Å²) in [6, 6.07) is 0. The van der Waals surface area contributed by atoms with Crippen LogP contribution in [-0.4, -0.2) is 36.7 Å². The van der Waals surface area contributed by atoms with E-state index in [0.717, 1.165) is 19.3 Å². The Balaban J connectivity index is -0.00000264. The van der Waals surface area contributed by atoms with Gasteiger partial charge in [-0.25, -0.2) is 0 Å². The minimum absolute atomic E-state index is 0. The Morgan fingerprint density at radius 3 is 1.73 bits per heavy atom. The van der Waals surface area contributed by atoms with Crippen molar-refractivity contribution < 1.29 is 86.4 Å². The molecule has 1 amide bonds. The van der Waals surface area contributed by atoms with Gasteiger partial charge in [0.15, 0.2) is 5.25 Å². The molecule has 0 aromatic carbocycles. The molecule has 7 nitrogen and oxygen atoms in total. The van der Waals surface area contributed by atoms with Crippen LogP contribution < -0.4 is 64.8 Å². The maximum absolute atomic E-state index is 11.6. The van der Waals surface area contributed by atoms with Crippen LogP contribution in [-0.2, 0) is 24.4 Å². The van der Waals surface area contributed by atoms with Crippen LogP contribution >= 0.6 is 0 Å². The monoisotopic (exact) mass is 411 g/mol. The van der Waals surface area contributed by atoms with Crippen molar-refractivity contribution in [2.75, 3.05) is 6.61 Å². The number of esters is 1. The molecule has 0 rings (SSSR count). The largest absolute Gasteiger partial charge is 1.00 e. The van der Waals surface area contributed by atoms with Gasteiger partial charge in [-0.1, -0.05) is 64.7 Å². The molecule has 0 radical (unpaired) electrons. The number of nitrogens with two attached hydrogens (primary N) is 1. The van der Waals surface area contributed by atoms with Gasteiger partial charge in [0, 0.05) is 0 Å². The normalized spacial score (nSPS) is 11.8. The van der Waals surface area contributed by atoms with E-state index in [9.17, 15) is 18.0 Å². The van der Waals surface area contributed by atoms with Gasteiger partial charge in [0.1, 0.15) is 0 Å². The van der Waals surface area contributed by atoms with Crippen molar-refractivity contribution >= 4 is 22.0 Å². The number of primary amides is 1. The molecule has 0 aliphatic carbocycles. The van der Waals surface area contributed by atoms with Crippen LogP contribution in [0.25, 0.3) is 0 Å². The summed E-state index contributed by atoms with van der Waals surface area (Å²) in [6.45, 7) is 2.26. The van der Waals surface area contributed by atoms with E-state index in [1.54, 1.807) is 0 Å². The van der Waals surface area contributed by atoms with Crippen molar-refractivity contribution in [1.82, 2.24) is 0 Å². The molecule has 10 heteroatoms. The van der Waals surface area contributed by atoms with Gasteiger partial charge in [-0.05, 0) is 6.42 Å². The van der Waals surface area contributed by atoms with Crippen LogP contribution in [0.3, 0.4) is 0 Å². The van der Waals surface area contributed by atoms with Gasteiger partial charge in [-0.3, -0.25) is 14.1 Å². The summed E-state index contributed by atoms with van der Waals surface area (Å²) in [7, 11) is -4.70. The van der Waals surface area contributed by atoms with Crippen LogP contribution in [0.1, 0.15) is 77.6 Å². The first-order chi connectivity index (χ1) is 11.3. The number of carbonyl (C=O) groups excluding carboxylic acids is 2. The van der Waals surface area contributed by atoms with Gasteiger partial charge in [-0.2, -0.15) is 8.42 Å². The second-order valence-corrected chi connectivity index (χ2v) is 7.62. The van der Waals surface area contributed by atoms with Crippen molar-refractivity contribution in [3.8, 4) is 0 Å². The Labute approximate surface area is 201 Å². The molecule has 26 heavy (non-hydrogen) atoms. The fourth-order valence-electron chi connectivity index (χ4n) is 2.35. The van der Waals surface area contributed by atoms with E-state index in [0.29, 0.717) is 6.42 Å². The van der Waals surface area contributed by atoms with Crippen LogP contribution in [0.2, 0.25) is 0 Å². The molecular weight excluding hydrogens is 380 g/mol. The standard InChI is InChI=1S/C16H31NO6S.2Na/c1-2-3-4-5-6-7-8-9-10-11-12-23-16(19)14(13-15(17)18)24(20,21)22;;/h14H,2-13H2,1H3,(H2,17,18)(H,20,21,22);;/q;2*+1. The van der Waals surface area contributed by atoms with Crippen molar-refractivity contribution in [3.63, 3.8) is 0 Å². The predicted octanol–water partition coefficient (Wildman–Crippen LogP) is -3.41. The van der Waals surface area contributed by atoms with Crippen LogP contribution in [0.5, 0.6) is 0 Å². The van der Waals surface area contributed by atoms with E-state index in [2.05, 4.69) is 6.92 Å². The van der Waals surface area contributed by atoms with Crippen molar-refractivity contribution in [2.45, 2.75) is 82.8 Å². The van der Waals surface area contributed by atoms with Crippen LogP contribution in [0.4, 0.5) is 0 Å². The van der Waals surface area contributed by atoms with Crippen molar-refractivity contribution in [3.05, 3.63) is 0 Å². The van der Waals surface area contributed by atoms with E-state index in [1.807, 2.05) is 0 Å². The van der Waals surface area contributed by atoms with Gasteiger partial charge >= 0.3 is 65.1 Å². The first-order valence-electron chi connectivity index (χ1n) is 8.70. The number of hydrogen-bond acceptors (Lipinski definition) is 5. The minimum atomic E-state index is -4.70. The molecule has 0 heterocycles. The van der Waals surface area contributed by atoms with Crippen LogP contribution in [0.15, 0.2) is 0 Å². The Bertz CT molecular complexity index is 473. The van der Waals surface area contributed by atoms with Crippen LogP contribution in [0, 0.1) is 0 Å². The Morgan fingerprint density at radius 2 is 1.35 bits per heavy atom. The van der Waals surface area contributed by atoms with E-state index in [-0.39, 0.29) is 65.7 Å². The first-order valence-corrected chi connectivity index (χ1v) is 10.2. The van der Waals surface area contributed by atoms with E-state index < -0.39 is 33.7 Å². The van der Waals surface area contributed by atoms with Gasteiger partial charge in [0.2, 0.25) is 5.91 Å². The number of unbranched alkanes of at least 4 members (excludes halogenated alkanes) is 9. The van der Waals surface area contributed by atoms with Gasteiger partial charge in [0.05, 0.1) is 13.0 Å². The van der Waals surface area contributed by atoms with Gasteiger partial charge < -0.3 is 10.5 Å². The molecule has 0 aromatic heterocycles. The number of hydrogen-bond donors (Lipinski definition) is 2. The smallest absolute Gasteiger partial charge is 0.465 e. The molecule has 0 spiro atoms. The maximum atomic E-state index is 11.6. The molecule has 3 N–H and O–H groups in total. The summed E-state index contributed by atoms with van der Waals surface area (Å²) < 4.78 is 35.9. The van der Waals surface area contributed by atoms with Gasteiger partial charge in [-0.15, -0.1) is 0 Å². The second kappa shape index (κ2) is 19.2. The molecule has 0 aliphatic rings. The number of ether oxygens (including phenoxy) is 1. The summed E-state index contributed by atoms with van der Waals surface area (Å²) in [5, 5.41) is -1.93. The molecule has 0 fully saturated rings. The average Bonchev–Trinajstić information content (AvgIpc) is 2.48. The summed E-state index contributed by atoms with van der Waals surface area (Å²) in [4.78, 5) is 22.4. The molecule has 0 bridgehead atoms. The third kappa shape index (κ3) is 18.2. The molecule has 0 aromatic rings. The Hall–Kier alpha value is 0.850. The molecular formula is C16H31NNa2O6S+2. The Kier molecular flexibility index (Phi) is 23.3. The zero-order valence-corrected chi connectivity index (χ0v) is 21.4. The fraction of sp³-hybridized carbons (Fsp3) is 0.875. The molecule has 0 saturated heterocycles. The van der Waals surface area contributed by atoms with Crippen molar-refractivity contribution in [2.24, 2.45) is 5.73 Å². The van der Waals surface area contributed by atoms with E-state index in [1.165, 1.54) is 38.5 Å². The predicted molar refractivity (Wildman–Crippen MR) is 92.0 cm³/mol. The van der Waals surface area contributed by atoms with Crippen molar-refractivity contribution in [1.29, 1.82) is 0 Å². The maximum Gasteiger partial charge on any atom is 1.00 e. The Morgan fingerprint density at radius 1 is 0.923 bits per heavy atom. The summed E-state index contributed by atoms with van der Waals surface area (Å²) in [5.41, 5.74) is 4.87. The molecule has 1 unspecified atom stereocenters. The van der Waals surface area contributed by atoms with E-state index in [4.69, 9.17) is 15.0 Å². The molecule has 142 valence electrons. The number of rotatable bonds is 15. The zero-order valence-electron chi connectivity index (χ0n) is 16.5. The molecule has 0 saturated carbocycles. The third-order valence-electron chi connectivity index (χ3n) is 3.75. The molecule has 1 atom stereocenters. The minimum Gasteiger partial charge on any atom is -0.465 e. The molecule has 0 aliphatic heterocycles. The number of carbonyl (C=O) groups is 2. The quantitative estimate of drug-likeness (QED) is 0.125. The summed E-state index contributed by atoms with van der Waals surface area (Å²) >= 11 is 0. The first kappa shape index (κ1) is 31.5. The van der Waals surface area contributed by atoms with E-state index >= 15 is 0 Å². The summed E-state index contributed by atoms with van der Waals surface area (Å²) in [6.07, 6.45) is 10.5. The summed E-state index contributed by atoms with van der Waals surface area (Å²) in [5.74, 6) is -2.12. The SMILES string of the molecule is CCCCCCCCCCCCOC(=O)C(CC(N)=O)S(=O)(=O)O.[Na+].[Na+]. The average molecular weight is 411 g/mol. The van der Waals surface area contributed by atoms with Gasteiger partial charge in [0.25, 0.3) is 10.1 Å². The second-order valence-electron chi connectivity index (χ2n) is 6.02. The number of amides is 1. The third-order valence-corrected chi connectivity index (χ3v) is 4.83.